The van der Waals surface area contributed by atoms with Gasteiger partial charge in [0.2, 0.25) is 29.3 Å². The molecule has 3 heterocycles. The maximum Gasteiger partial charge on any atom is 0.304 e. The molecule has 4 N–H and O–H groups in total. The minimum Gasteiger partial charge on any atom is -0.481 e. The Hall–Kier alpha value is -4.53. The average Bonchev–Trinajstić information content (AvgIpc) is 3.86. The van der Waals surface area contributed by atoms with Crippen molar-refractivity contribution in [1.82, 2.24) is 36.1 Å². The number of hydroxylamine groups is 1. The summed E-state index contributed by atoms with van der Waals surface area (Å²) >= 11 is 0. The number of amides is 2. The topological polar surface area (TPSA) is 224 Å². The Morgan fingerprint density at radius 3 is 1.87 bits per heavy atom. The highest BCUT2D eigenvalue weighted by Crippen LogP contribution is 2.32. The van der Waals surface area contributed by atoms with Crippen LogP contribution in [0.4, 0.5) is 0 Å². The van der Waals surface area contributed by atoms with Crippen molar-refractivity contribution in [2.45, 2.75) is 141 Å². The van der Waals surface area contributed by atoms with Crippen LogP contribution in [0.25, 0.3) is 0 Å². The van der Waals surface area contributed by atoms with E-state index in [1.54, 1.807) is 23.8 Å². The number of hydrogen-bond donors (Lipinski definition) is 4. The quantitative estimate of drug-likeness (QED) is 0.0609. The minimum absolute atomic E-state index is 0.0256. The van der Waals surface area contributed by atoms with Crippen LogP contribution in [-0.4, -0.2) is 59.1 Å². The summed E-state index contributed by atoms with van der Waals surface area (Å²) in [6.45, 7) is 1.62. The van der Waals surface area contributed by atoms with Crippen LogP contribution in [0, 0.1) is 11.8 Å². The molecule has 2 aliphatic rings. The molecule has 3 aromatic heterocycles. The van der Waals surface area contributed by atoms with Gasteiger partial charge in [0.25, 0.3) is 11.7 Å². The van der Waals surface area contributed by atoms with Crippen molar-refractivity contribution in [2.24, 2.45) is 11.8 Å². The van der Waals surface area contributed by atoms with E-state index in [4.69, 9.17) is 19.4 Å². The van der Waals surface area contributed by atoms with Gasteiger partial charge < -0.3 is 19.5 Å². The predicted octanol–water partition coefficient (Wildman–Crippen LogP) is 6.71. The molecule has 0 aromatic carbocycles. The van der Waals surface area contributed by atoms with Crippen molar-refractivity contribution in [2.75, 3.05) is 0 Å². The minimum atomic E-state index is -0.884. The molecule has 2 fully saturated rings. The number of carbonyl (C=O) groups excluding carboxylic acids is 3. The van der Waals surface area contributed by atoms with Gasteiger partial charge in [-0.15, -0.1) is 0 Å². The van der Waals surface area contributed by atoms with Crippen molar-refractivity contribution in [1.29, 1.82) is 0 Å². The molecule has 0 radical (unpaired) electrons. The molecule has 0 unspecified atom stereocenters. The van der Waals surface area contributed by atoms with Crippen molar-refractivity contribution in [3.8, 4) is 0 Å². The van der Waals surface area contributed by atoms with Gasteiger partial charge in [0, 0.05) is 31.4 Å². The predicted molar refractivity (Wildman–Crippen MR) is 187 cm³/mol. The Morgan fingerprint density at radius 1 is 0.808 bits per heavy atom. The van der Waals surface area contributed by atoms with Gasteiger partial charge in [-0.05, 0) is 36.8 Å². The fraction of sp³-hybridized carbons (Fsp3) is 0.649. The zero-order valence-corrected chi connectivity index (χ0v) is 30.1. The highest BCUT2D eigenvalue weighted by molar-refractivity contribution is 5.90. The van der Waals surface area contributed by atoms with E-state index in [0.717, 1.165) is 43.2 Å². The number of aromatic nitrogens is 5. The highest BCUT2D eigenvalue weighted by atomic mass is 16.5. The molecule has 2 aliphatic carbocycles. The summed E-state index contributed by atoms with van der Waals surface area (Å²) in [5.74, 6) is -0.817. The molecule has 52 heavy (non-hydrogen) atoms. The van der Waals surface area contributed by atoms with E-state index < -0.39 is 17.8 Å². The number of nitrogens with zero attached hydrogens (tertiary/aromatic N) is 5. The van der Waals surface area contributed by atoms with Gasteiger partial charge >= 0.3 is 5.97 Å². The van der Waals surface area contributed by atoms with Crippen LogP contribution < -0.4 is 10.8 Å². The van der Waals surface area contributed by atoms with Gasteiger partial charge in [-0.3, -0.25) is 29.4 Å². The van der Waals surface area contributed by atoms with Crippen LogP contribution in [0.2, 0.25) is 0 Å². The Balaban J connectivity index is 0.000000244. The number of carbonyl (C=O) groups is 4. The van der Waals surface area contributed by atoms with E-state index in [1.807, 2.05) is 6.07 Å². The molecular weight excluding hydrogens is 670 g/mol. The van der Waals surface area contributed by atoms with Gasteiger partial charge in [-0.1, -0.05) is 106 Å². The first-order chi connectivity index (χ1) is 25.2. The number of nitrogens with one attached hydrogen (secondary N) is 2. The lowest BCUT2D eigenvalue weighted by molar-refractivity contribution is -0.137. The summed E-state index contributed by atoms with van der Waals surface area (Å²) in [6, 6.07) is 5.44. The van der Waals surface area contributed by atoms with Gasteiger partial charge in [0.05, 0.1) is 18.7 Å². The smallest absolute Gasteiger partial charge is 0.304 e. The molecule has 5 rings (SSSR count). The zero-order chi connectivity index (χ0) is 37.1. The first kappa shape index (κ1) is 40.2. The van der Waals surface area contributed by atoms with E-state index in [9.17, 15) is 19.2 Å². The van der Waals surface area contributed by atoms with E-state index >= 15 is 0 Å². The second kappa shape index (κ2) is 21.7. The molecule has 0 saturated heterocycles. The van der Waals surface area contributed by atoms with Gasteiger partial charge in [-0.2, -0.15) is 9.97 Å². The molecule has 3 aromatic rings. The number of carboxylic acid groups (broad SMARTS) is 1. The average molecular weight is 724 g/mol. The number of rotatable bonds is 18. The van der Waals surface area contributed by atoms with Crippen molar-refractivity contribution in [3.05, 3.63) is 53.5 Å². The molecule has 284 valence electrons. The van der Waals surface area contributed by atoms with Crippen LogP contribution >= 0.6 is 0 Å². The Morgan fingerprint density at radius 2 is 1.37 bits per heavy atom. The van der Waals surface area contributed by atoms with E-state index in [0.29, 0.717) is 12.8 Å². The van der Waals surface area contributed by atoms with Crippen LogP contribution in [0.5, 0.6) is 0 Å². The first-order valence-electron chi connectivity index (χ1n) is 18.7. The zero-order valence-electron chi connectivity index (χ0n) is 30.1. The number of Topliss-reactive ketones (excluding diaryl/α,β-unsaturated/α-hetero) is 1. The monoisotopic (exact) mass is 723 g/mol. The molecule has 15 nitrogen and oxygen atoms in total. The number of pyridine rings is 1. The lowest BCUT2D eigenvalue weighted by Gasteiger charge is -2.22. The van der Waals surface area contributed by atoms with E-state index in [1.165, 1.54) is 71.1 Å². The third-order valence-electron chi connectivity index (χ3n) is 10.0. The summed E-state index contributed by atoms with van der Waals surface area (Å²) in [5, 5.41) is 28.0. The number of ketones is 1. The summed E-state index contributed by atoms with van der Waals surface area (Å²) in [6.07, 6.45) is 20.1. The first-order valence-corrected chi connectivity index (χ1v) is 18.7. The Bertz CT molecular complexity index is 1530. The summed E-state index contributed by atoms with van der Waals surface area (Å²) in [4.78, 5) is 58.7. The lowest BCUT2D eigenvalue weighted by Crippen LogP contribution is -2.24. The molecule has 2 saturated carbocycles. The SMILES string of the molecule is CC(=O)c1noc([C@H](CCCC2CCCCC2)CC(=O)O)n1.O=C(C[C@@H](CCCC1CCCCC1)c1nc(C(=O)NCc2ccccn2)no1)NO. The van der Waals surface area contributed by atoms with Gasteiger partial charge in [-0.25, -0.2) is 5.48 Å². The van der Waals surface area contributed by atoms with Gasteiger partial charge in [0.1, 0.15) is 0 Å². The number of hydrogen-bond acceptors (Lipinski definition) is 12. The second-order valence-electron chi connectivity index (χ2n) is 14.1. The normalized spacial score (nSPS) is 16.3. The van der Waals surface area contributed by atoms with E-state index in [-0.39, 0.29) is 60.4 Å². The second-order valence-corrected chi connectivity index (χ2v) is 14.1. The molecule has 15 heteroatoms. The Kier molecular flexibility index (Phi) is 16.8. The summed E-state index contributed by atoms with van der Waals surface area (Å²) < 4.78 is 10.4. The molecule has 0 bridgehead atoms. The fourth-order valence-corrected chi connectivity index (χ4v) is 7.15. The molecule has 2 atom stereocenters. The van der Waals surface area contributed by atoms with Crippen molar-refractivity contribution < 1.29 is 38.5 Å². The molecular formula is C37H53N7O8. The van der Waals surface area contributed by atoms with Crippen LogP contribution in [-0.2, 0) is 16.1 Å². The lowest BCUT2D eigenvalue weighted by atomic mass is 9.84. The fourth-order valence-electron chi connectivity index (χ4n) is 7.15. The number of carboxylic acids is 1. The molecule has 2 amide bonds. The van der Waals surface area contributed by atoms with Crippen LogP contribution in [0.1, 0.15) is 173 Å². The maximum absolute atomic E-state index is 12.3. The highest BCUT2D eigenvalue weighted by Gasteiger charge is 2.26. The maximum atomic E-state index is 12.3. The third-order valence-corrected chi connectivity index (χ3v) is 10.0. The molecule has 0 aliphatic heterocycles. The number of aliphatic carboxylic acids is 1. The van der Waals surface area contributed by atoms with Crippen LogP contribution in [0.3, 0.4) is 0 Å². The van der Waals surface area contributed by atoms with Crippen molar-refractivity contribution >= 4 is 23.6 Å². The summed E-state index contributed by atoms with van der Waals surface area (Å²) in [7, 11) is 0. The van der Waals surface area contributed by atoms with Crippen LogP contribution in [0.15, 0.2) is 33.4 Å². The third kappa shape index (κ3) is 13.9. The Labute approximate surface area is 304 Å². The molecule has 0 spiro atoms. The largest absolute Gasteiger partial charge is 0.481 e. The standard InChI is InChI=1S/C21H29N5O4.C16H24N2O4/c27-18(25-29)13-16(10-6-9-15-7-2-1-3-8-15)21-24-19(26-30-21)20(28)23-14-17-11-4-5-12-22-17;1-11(19)15-17-16(22-18-15)13(10-14(20)21)9-5-8-12-6-3-2-4-7-12/h4-5,11-12,15-16,29H,1-3,6-10,13-14H2,(H,23,28)(H,25,27);12-13H,2-10H2,1H3,(H,20,21)/t16-;13-/m11/s1. The van der Waals surface area contributed by atoms with Crippen molar-refractivity contribution in [3.63, 3.8) is 0 Å². The van der Waals surface area contributed by atoms with E-state index in [2.05, 4.69) is 30.6 Å². The van der Waals surface area contributed by atoms with Gasteiger partial charge in [0.15, 0.2) is 0 Å². The summed E-state index contributed by atoms with van der Waals surface area (Å²) in [5.41, 5.74) is 2.38.